The van der Waals surface area contributed by atoms with Crippen molar-refractivity contribution >= 4 is 33.4 Å². The summed E-state index contributed by atoms with van der Waals surface area (Å²) in [4.78, 5) is 38.1. The van der Waals surface area contributed by atoms with Gasteiger partial charge < -0.3 is 9.64 Å². The first-order chi connectivity index (χ1) is 13.5. The zero-order valence-corrected chi connectivity index (χ0v) is 17.2. The Labute approximate surface area is 170 Å². The van der Waals surface area contributed by atoms with E-state index in [0.717, 1.165) is 25.7 Å². The number of anilines is 1. The van der Waals surface area contributed by atoms with E-state index in [9.17, 15) is 14.9 Å². The molecule has 2 aromatic rings. The molecule has 0 aliphatic heterocycles. The Morgan fingerprint density at radius 2 is 2.18 bits per heavy atom. The van der Waals surface area contributed by atoms with Crippen molar-refractivity contribution in [3.05, 3.63) is 33.4 Å². The number of esters is 1. The van der Waals surface area contributed by atoms with Crippen molar-refractivity contribution < 1.29 is 14.5 Å². The molecular weight excluding hydrogens is 432 g/mol. The number of hydrogen-bond acceptors (Lipinski definition) is 8. The van der Waals surface area contributed by atoms with E-state index in [2.05, 4.69) is 30.9 Å². The summed E-state index contributed by atoms with van der Waals surface area (Å²) in [5.74, 6) is -0.0832. The van der Waals surface area contributed by atoms with Crippen LogP contribution in [0.15, 0.2) is 23.3 Å². The van der Waals surface area contributed by atoms with Crippen molar-refractivity contribution in [2.24, 2.45) is 0 Å². The van der Waals surface area contributed by atoms with Crippen LogP contribution >= 0.6 is 15.9 Å². The number of imidazole rings is 1. The minimum Gasteiger partial charge on any atom is -0.467 e. The molecule has 1 aliphatic carbocycles. The lowest BCUT2D eigenvalue weighted by atomic mass is 10.1. The number of carbonyl (C=O) groups is 1. The summed E-state index contributed by atoms with van der Waals surface area (Å²) in [5, 5.41) is 11.7. The molecule has 3 rings (SSSR count). The highest BCUT2D eigenvalue weighted by Gasteiger charge is 2.38. The average molecular weight is 453 g/mol. The Hall–Kier alpha value is -2.56. The van der Waals surface area contributed by atoms with Gasteiger partial charge in [-0.25, -0.2) is 14.8 Å². The molecule has 0 spiro atoms. The fourth-order valence-corrected chi connectivity index (χ4v) is 3.99. The van der Waals surface area contributed by atoms with Crippen LogP contribution in [0.1, 0.15) is 39.0 Å². The molecule has 11 heteroatoms. The van der Waals surface area contributed by atoms with Crippen LogP contribution in [0, 0.1) is 10.1 Å². The van der Waals surface area contributed by atoms with Gasteiger partial charge in [-0.2, -0.15) is 4.98 Å². The average Bonchev–Trinajstić information content (AvgIpc) is 3.36. The number of hydrogen-bond donors (Lipinski definition) is 0. The van der Waals surface area contributed by atoms with E-state index >= 15 is 0 Å². The Morgan fingerprint density at radius 3 is 2.71 bits per heavy atom. The SMILES string of the molecule is CC[C@H](C(=O)OC)N(c1nc(-n2ccnc2Br)ncc1[N+](=O)[O-])C1CCCC1. The lowest BCUT2D eigenvalue weighted by Gasteiger charge is -2.35. The van der Waals surface area contributed by atoms with Crippen molar-refractivity contribution in [1.29, 1.82) is 0 Å². The van der Waals surface area contributed by atoms with Crippen LogP contribution in [0.2, 0.25) is 0 Å². The maximum Gasteiger partial charge on any atom is 0.329 e. The highest BCUT2D eigenvalue weighted by atomic mass is 79.9. The molecule has 0 amide bonds. The van der Waals surface area contributed by atoms with E-state index in [1.165, 1.54) is 13.3 Å². The number of ether oxygens (including phenoxy) is 1. The van der Waals surface area contributed by atoms with Crippen molar-refractivity contribution in [3.63, 3.8) is 0 Å². The largest absolute Gasteiger partial charge is 0.467 e. The van der Waals surface area contributed by atoms with Crippen LogP contribution in [0.25, 0.3) is 5.95 Å². The summed E-state index contributed by atoms with van der Waals surface area (Å²) < 4.78 is 7.01. The summed E-state index contributed by atoms with van der Waals surface area (Å²) in [6, 6.07) is -0.697. The second kappa shape index (κ2) is 8.63. The smallest absolute Gasteiger partial charge is 0.329 e. The Kier molecular flexibility index (Phi) is 6.22. The third kappa shape index (κ3) is 3.84. The van der Waals surface area contributed by atoms with Gasteiger partial charge in [0.2, 0.25) is 11.8 Å². The lowest BCUT2D eigenvalue weighted by molar-refractivity contribution is -0.384. The van der Waals surface area contributed by atoms with E-state index in [1.54, 1.807) is 21.9 Å². The Balaban J connectivity index is 2.17. The molecule has 1 aliphatic rings. The van der Waals surface area contributed by atoms with Gasteiger partial charge in [-0.1, -0.05) is 19.8 Å². The first-order valence-corrected chi connectivity index (χ1v) is 9.84. The van der Waals surface area contributed by atoms with Crippen molar-refractivity contribution in [2.75, 3.05) is 12.0 Å². The van der Waals surface area contributed by atoms with Crippen molar-refractivity contribution in [3.8, 4) is 5.95 Å². The molecule has 0 N–H and O–H groups in total. The van der Waals surface area contributed by atoms with E-state index in [0.29, 0.717) is 11.2 Å². The maximum absolute atomic E-state index is 12.5. The normalized spacial score (nSPS) is 15.4. The third-order valence-electron chi connectivity index (χ3n) is 4.90. The number of halogens is 1. The highest BCUT2D eigenvalue weighted by Crippen LogP contribution is 2.35. The van der Waals surface area contributed by atoms with Gasteiger partial charge in [-0.15, -0.1) is 0 Å². The second-order valence-electron chi connectivity index (χ2n) is 6.49. The van der Waals surface area contributed by atoms with E-state index < -0.39 is 16.9 Å². The zero-order chi connectivity index (χ0) is 20.3. The van der Waals surface area contributed by atoms with Crippen LogP contribution in [0.4, 0.5) is 11.5 Å². The Bertz CT molecular complexity index is 867. The summed E-state index contributed by atoms with van der Waals surface area (Å²) >= 11 is 3.31. The first kappa shape index (κ1) is 20.2. The molecule has 0 radical (unpaired) electrons. The number of methoxy groups -OCH3 is 1. The van der Waals surface area contributed by atoms with E-state index in [4.69, 9.17) is 4.74 Å². The summed E-state index contributed by atoms with van der Waals surface area (Å²) in [6.07, 6.45) is 8.48. The predicted molar refractivity (Wildman–Crippen MR) is 104 cm³/mol. The minimum atomic E-state index is -0.666. The topological polar surface area (TPSA) is 116 Å². The predicted octanol–water partition coefficient (Wildman–Crippen LogP) is 3.03. The van der Waals surface area contributed by atoms with Gasteiger partial charge in [0.25, 0.3) is 0 Å². The van der Waals surface area contributed by atoms with Gasteiger partial charge in [-0.3, -0.25) is 14.7 Å². The van der Waals surface area contributed by atoms with Crippen LogP contribution in [0.3, 0.4) is 0 Å². The molecule has 150 valence electrons. The number of carbonyl (C=O) groups excluding carboxylic acids is 1. The number of rotatable bonds is 7. The van der Waals surface area contributed by atoms with Crippen molar-refractivity contribution in [2.45, 2.75) is 51.1 Å². The molecule has 10 nitrogen and oxygen atoms in total. The molecular formula is C17H21BrN6O4. The molecule has 2 aromatic heterocycles. The van der Waals surface area contributed by atoms with Crippen LogP contribution in [-0.4, -0.2) is 49.6 Å². The van der Waals surface area contributed by atoms with Gasteiger partial charge in [0.1, 0.15) is 12.2 Å². The standard InChI is InChI=1S/C17H21BrN6O4/c1-3-12(15(25)28-2)23(11-6-4-5-7-11)14-13(24(26)27)10-20-17(21-14)22-9-8-19-16(22)18/h8-12H,3-7H2,1-2H3/t12-/m1/s1. The summed E-state index contributed by atoms with van der Waals surface area (Å²) in [7, 11) is 1.32. The maximum atomic E-state index is 12.5. The van der Waals surface area contributed by atoms with E-state index in [1.807, 2.05) is 6.92 Å². The fourth-order valence-electron chi connectivity index (χ4n) is 3.60. The van der Waals surface area contributed by atoms with Crippen LogP contribution < -0.4 is 4.90 Å². The molecule has 28 heavy (non-hydrogen) atoms. The molecule has 0 aromatic carbocycles. The molecule has 0 bridgehead atoms. The van der Waals surface area contributed by atoms with Gasteiger partial charge in [-0.05, 0) is 35.2 Å². The summed E-state index contributed by atoms with van der Waals surface area (Å²) in [5.41, 5.74) is -0.241. The third-order valence-corrected chi connectivity index (χ3v) is 5.49. The quantitative estimate of drug-likeness (QED) is 0.357. The van der Waals surface area contributed by atoms with Gasteiger partial charge in [0.15, 0.2) is 4.73 Å². The zero-order valence-electron chi connectivity index (χ0n) is 15.6. The molecule has 0 unspecified atom stereocenters. The van der Waals surface area contributed by atoms with Gasteiger partial charge >= 0.3 is 11.7 Å². The first-order valence-electron chi connectivity index (χ1n) is 9.04. The minimum absolute atomic E-state index is 0.0308. The number of nitrogens with zero attached hydrogens (tertiary/aromatic N) is 6. The molecule has 0 saturated heterocycles. The van der Waals surface area contributed by atoms with Crippen LogP contribution in [0.5, 0.6) is 0 Å². The Morgan fingerprint density at radius 1 is 1.46 bits per heavy atom. The number of nitro groups is 1. The van der Waals surface area contributed by atoms with Crippen molar-refractivity contribution in [1.82, 2.24) is 19.5 Å². The number of aromatic nitrogens is 4. The molecule has 2 heterocycles. The van der Waals surface area contributed by atoms with Gasteiger partial charge in [0.05, 0.1) is 12.0 Å². The van der Waals surface area contributed by atoms with Crippen LogP contribution in [-0.2, 0) is 9.53 Å². The van der Waals surface area contributed by atoms with E-state index in [-0.39, 0.29) is 23.5 Å². The fraction of sp³-hybridized carbons (Fsp3) is 0.529. The molecule has 1 saturated carbocycles. The van der Waals surface area contributed by atoms with Gasteiger partial charge in [0, 0.05) is 18.4 Å². The molecule has 1 fully saturated rings. The summed E-state index contributed by atoms with van der Waals surface area (Å²) in [6.45, 7) is 1.85. The highest BCUT2D eigenvalue weighted by molar-refractivity contribution is 9.10. The molecule has 1 atom stereocenters. The monoisotopic (exact) mass is 452 g/mol. The second-order valence-corrected chi connectivity index (χ2v) is 7.20. The lowest BCUT2D eigenvalue weighted by Crippen LogP contribution is -2.47.